The van der Waals surface area contributed by atoms with Crippen molar-refractivity contribution in [2.75, 3.05) is 44.2 Å². The highest BCUT2D eigenvalue weighted by atomic mass is 19.4. The molecule has 1 unspecified atom stereocenters. The molecular weight excluding hydrogens is 427 g/mol. The third kappa shape index (κ3) is 5.98. The minimum atomic E-state index is -5.17. The van der Waals surface area contributed by atoms with Gasteiger partial charge in [-0.3, -0.25) is 20.0 Å². The number of ether oxygens (including phenoxy) is 1. The van der Waals surface area contributed by atoms with Gasteiger partial charge < -0.3 is 15.4 Å². The smallest absolute Gasteiger partial charge is 0.385 e. The van der Waals surface area contributed by atoms with Gasteiger partial charge in [-0.15, -0.1) is 0 Å². The summed E-state index contributed by atoms with van der Waals surface area (Å²) in [5.74, 6) is -3.61. The van der Waals surface area contributed by atoms with Crippen LogP contribution >= 0.6 is 0 Å². The van der Waals surface area contributed by atoms with Crippen LogP contribution in [0.25, 0.3) is 0 Å². The minimum absolute atomic E-state index is 0.0429. The zero-order valence-electron chi connectivity index (χ0n) is 17.9. The molecule has 1 atom stereocenters. The van der Waals surface area contributed by atoms with Crippen LogP contribution in [0.15, 0.2) is 24.3 Å². The Balaban J connectivity index is 1.46. The van der Waals surface area contributed by atoms with Crippen LogP contribution in [0.1, 0.15) is 25.3 Å². The predicted molar refractivity (Wildman–Crippen MR) is 112 cm³/mol. The molecule has 3 N–H and O–H groups in total. The van der Waals surface area contributed by atoms with Crippen LogP contribution in [0.3, 0.4) is 0 Å². The third-order valence-corrected chi connectivity index (χ3v) is 6.04. The first kappa shape index (κ1) is 24.0. The Labute approximate surface area is 184 Å². The standard InChI is InChI=1S/C21H28F3N5O3/c1-14-12-28(16-4-2-15(3-5-16)19(25)26)10-11-29(14)17-6-8-27(9-7-17)13-18(30)32-20(31)21(22,23)24/h2-5,14,17H,6-13H2,1H3,(H3,25,26). The second kappa shape index (κ2) is 9.86. The Morgan fingerprint density at radius 3 is 2.28 bits per heavy atom. The summed E-state index contributed by atoms with van der Waals surface area (Å²) in [5, 5.41) is 7.50. The number of nitrogens with two attached hydrogens (primary N) is 1. The van der Waals surface area contributed by atoms with E-state index in [1.165, 1.54) is 0 Å². The van der Waals surface area contributed by atoms with E-state index >= 15 is 0 Å². The van der Waals surface area contributed by atoms with Crippen molar-refractivity contribution in [3.8, 4) is 0 Å². The first-order valence-electron chi connectivity index (χ1n) is 10.5. The number of likely N-dealkylation sites (tertiary alicyclic amines) is 1. The topological polar surface area (TPSA) is 103 Å². The number of piperazine rings is 1. The van der Waals surface area contributed by atoms with E-state index in [4.69, 9.17) is 11.1 Å². The fraction of sp³-hybridized carbons (Fsp3) is 0.571. The van der Waals surface area contributed by atoms with E-state index in [2.05, 4.69) is 21.5 Å². The van der Waals surface area contributed by atoms with Crippen molar-refractivity contribution in [3.05, 3.63) is 29.8 Å². The molecular formula is C21H28F3N5O3. The van der Waals surface area contributed by atoms with Gasteiger partial charge >= 0.3 is 18.1 Å². The second-order valence-electron chi connectivity index (χ2n) is 8.26. The highest BCUT2D eigenvalue weighted by Gasteiger charge is 2.42. The molecule has 8 nitrogen and oxygen atoms in total. The van der Waals surface area contributed by atoms with Crippen molar-refractivity contribution < 1.29 is 27.5 Å². The molecule has 0 spiro atoms. The summed E-state index contributed by atoms with van der Waals surface area (Å²) in [7, 11) is 0. The number of hydrogen-bond acceptors (Lipinski definition) is 7. The van der Waals surface area contributed by atoms with Crippen molar-refractivity contribution >= 4 is 23.5 Å². The van der Waals surface area contributed by atoms with Crippen LogP contribution < -0.4 is 10.6 Å². The van der Waals surface area contributed by atoms with Gasteiger partial charge in [-0.25, -0.2) is 4.79 Å². The van der Waals surface area contributed by atoms with E-state index in [0.29, 0.717) is 30.7 Å². The number of nitrogens with one attached hydrogen (secondary N) is 1. The van der Waals surface area contributed by atoms with Crippen molar-refractivity contribution in [2.24, 2.45) is 5.73 Å². The highest BCUT2D eigenvalue weighted by Crippen LogP contribution is 2.25. The Morgan fingerprint density at radius 1 is 1.12 bits per heavy atom. The van der Waals surface area contributed by atoms with Gasteiger partial charge in [-0.1, -0.05) is 0 Å². The van der Waals surface area contributed by atoms with Gasteiger partial charge in [0.25, 0.3) is 0 Å². The van der Waals surface area contributed by atoms with E-state index in [1.54, 1.807) is 4.90 Å². The largest absolute Gasteiger partial charge is 0.491 e. The number of anilines is 1. The van der Waals surface area contributed by atoms with Gasteiger partial charge in [-0.2, -0.15) is 13.2 Å². The summed E-state index contributed by atoms with van der Waals surface area (Å²) in [5.41, 5.74) is 7.29. The zero-order valence-corrected chi connectivity index (χ0v) is 17.9. The molecule has 0 saturated carbocycles. The monoisotopic (exact) mass is 455 g/mol. The number of esters is 2. The molecule has 2 saturated heterocycles. The van der Waals surface area contributed by atoms with Crippen LogP contribution in [-0.4, -0.2) is 85.1 Å². The molecule has 0 bridgehead atoms. The SMILES string of the molecule is CC1CN(c2ccc(C(=N)N)cc2)CCN1C1CCN(CC(=O)OC(=O)C(F)(F)F)CC1. The quantitative estimate of drug-likeness (QED) is 0.301. The van der Waals surface area contributed by atoms with Gasteiger partial charge in [0.15, 0.2) is 0 Å². The van der Waals surface area contributed by atoms with Crippen LogP contribution in [0.2, 0.25) is 0 Å². The number of hydrogen-bond donors (Lipinski definition) is 2. The molecule has 1 aromatic rings. The molecule has 32 heavy (non-hydrogen) atoms. The summed E-state index contributed by atoms with van der Waals surface area (Å²) in [6.07, 6.45) is -3.59. The molecule has 0 radical (unpaired) electrons. The zero-order chi connectivity index (χ0) is 23.5. The number of benzene rings is 1. The lowest BCUT2D eigenvalue weighted by atomic mass is 9.99. The molecule has 0 aromatic heterocycles. The maximum Gasteiger partial charge on any atom is 0.491 e. The fourth-order valence-electron chi connectivity index (χ4n) is 4.39. The van der Waals surface area contributed by atoms with Crippen molar-refractivity contribution in [3.63, 3.8) is 0 Å². The number of nitrogens with zero attached hydrogens (tertiary/aromatic N) is 3. The molecule has 2 aliphatic heterocycles. The van der Waals surface area contributed by atoms with Gasteiger partial charge in [-0.05, 0) is 44.0 Å². The summed E-state index contributed by atoms with van der Waals surface area (Å²) in [6, 6.07) is 8.27. The average Bonchev–Trinajstić information content (AvgIpc) is 2.73. The predicted octanol–water partition coefficient (Wildman–Crippen LogP) is 1.58. The molecule has 176 valence electrons. The first-order valence-corrected chi connectivity index (χ1v) is 10.5. The minimum Gasteiger partial charge on any atom is -0.385 e. The molecule has 0 aliphatic carbocycles. The molecule has 3 rings (SSSR count). The summed E-state index contributed by atoms with van der Waals surface area (Å²) >= 11 is 0. The van der Waals surface area contributed by atoms with Gasteiger partial charge in [0, 0.05) is 56.1 Å². The van der Waals surface area contributed by atoms with Crippen LogP contribution in [0.4, 0.5) is 18.9 Å². The molecule has 2 fully saturated rings. The van der Waals surface area contributed by atoms with Crippen LogP contribution in [0, 0.1) is 5.41 Å². The van der Waals surface area contributed by atoms with Crippen molar-refractivity contribution in [1.82, 2.24) is 9.80 Å². The average molecular weight is 455 g/mol. The van der Waals surface area contributed by atoms with Crippen LogP contribution in [0.5, 0.6) is 0 Å². The highest BCUT2D eigenvalue weighted by molar-refractivity contribution is 5.95. The Hall–Kier alpha value is -2.66. The number of piperidine rings is 1. The van der Waals surface area contributed by atoms with E-state index in [0.717, 1.165) is 38.2 Å². The lowest BCUT2D eigenvalue weighted by Crippen LogP contribution is -2.57. The second-order valence-corrected chi connectivity index (χ2v) is 8.26. The maximum atomic E-state index is 12.2. The number of rotatable bonds is 5. The van der Waals surface area contributed by atoms with E-state index in [-0.39, 0.29) is 12.4 Å². The summed E-state index contributed by atoms with van der Waals surface area (Å²) in [6.45, 7) is 5.54. The molecule has 11 heteroatoms. The number of halogens is 3. The number of nitrogen functional groups attached to an aromatic ring is 1. The number of alkyl halides is 3. The van der Waals surface area contributed by atoms with E-state index in [1.807, 2.05) is 24.3 Å². The molecule has 2 heterocycles. The lowest BCUT2D eigenvalue weighted by Gasteiger charge is -2.47. The third-order valence-electron chi connectivity index (χ3n) is 6.04. The molecule has 0 amide bonds. The van der Waals surface area contributed by atoms with Gasteiger partial charge in [0.05, 0.1) is 6.54 Å². The van der Waals surface area contributed by atoms with E-state index in [9.17, 15) is 22.8 Å². The summed E-state index contributed by atoms with van der Waals surface area (Å²) < 4.78 is 40.5. The van der Waals surface area contributed by atoms with E-state index < -0.39 is 18.1 Å². The Morgan fingerprint density at radius 2 is 1.75 bits per heavy atom. The molecule has 1 aromatic carbocycles. The van der Waals surface area contributed by atoms with Crippen molar-refractivity contribution in [1.29, 1.82) is 5.41 Å². The Bertz CT molecular complexity index is 838. The van der Waals surface area contributed by atoms with Crippen molar-refractivity contribution in [2.45, 2.75) is 38.0 Å². The number of amidine groups is 1. The van der Waals surface area contributed by atoms with Gasteiger partial charge in [0.2, 0.25) is 0 Å². The fourth-order valence-corrected chi connectivity index (χ4v) is 4.39. The maximum absolute atomic E-state index is 12.2. The molecule has 2 aliphatic rings. The number of carbonyl (C=O) groups is 2. The Kier molecular flexibility index (Phi) is 7.40. The first-order chi connectivity index (χ1) is 15.0. The normalized spacial score (nSPS) is 21.4. The number of carbonyl (C=O) groups excluding carboxylic acids is 2. The summed E-state index contributed by atoms with van der Waals surface area (Å²) in [4.78, 5) is 28.9. The van der Waals surface area contributed by atoms with Crippen LogP contribution in [-0.2, 0) is 14.3 Å². The lowest BCUT2D eigenvalue weighted by molar-refractivity contribution is -0.202. The van der Waals surface area contributed by atoms with Gasteiger partial charge in [0.1, 0.15) is 5.84 Å².